The first kappa shape index (κ1) is 27.5. The average molecular weight is 625 g/mol. The molecule has 0 bridgehead atoms. The van der Waals surface area contributed by atoms with Crippen LogP contribution in [0, 0.1) is 0 Å². The first-order valence-corrected chi connectivity index (χ1v) is 16.6. The number of furan rings is 1. The van der Waals surface area contributed by atoms with Crippen LogP contribution in [0.5, 0.6) is 0 Å². The third-order valence-corrected chi connectivity index (χ3v) is 9.61. The van der Waals surface area contributed by atoms with Crippen LogP contribution in [-0.4, -0.2) is 9.97 Å². The van der Waals surface area contributed by atoms with Gasteiger partial charge in [-0.3, -0.25) is 0 Å². The van der Waals surface area contributed by atoms with Gasteiger partial charge in [0.25, 0.3) is 0 Å². The van der Waals surface area contributed by atoms with Crippen molar-refractivity contribution in [3.63, 3.8) is 0 Å². The van der Waals surface area contributed by atoms with Gasteiger partial charge >= 0.3 is 0 Å². The van der Waals surface area contributed by atoms with Gasteiger partial charge in [0.2, 0.25) is 0 Å². The van der Waals surface area contributed by atoms with Crippen molar-refractivity contribution in [2.24, 2.45) is 0 Å². The lowest BCUT2D eigenvalue weighted by Crippen LogP contribution is -1.96. The molecule has 49 heavy (non-hydrogen) atoms. The predicted molar refractivity (Wildman–Crippen MR) is 203 cm³/mol. The van der Waals surface area contributed by atoms with Crippen LogP contribution in [0.3, 0.4) is 0 Å². The van der Waals surface area contributed by atoms with Crippen molar-refractivity contribution in [3.05, 3.63) is 170 Å². The number of nitrogens with zero attached hydrogens (tertiary/aromatic N) is 2. The van der Waals surface area contributed by atoms with Crippen LogP contribution in [0.1, 0.15) is 0 Å². The molecule has 2 heterocycles. The zero-order valence-electron chi connectivity index (χ0n) is 26.5. The van der Waals surface area contributed by atoms with Crippen molar-refractivity contribution >= 4 is 43.5 Å². The van der Waals surface area contributed by atoms with Gasteiger partial charge in [-0.15, -0.1) is 0 Å². The highest BCUT2D eigenvalue weighted by molar-refractivity contribution is 6.34. The highest BCUT2D eigenvalue weighted by atomic mass is 16.3. The Bertz CT molecular complexity index is 2750. The summed E-state index contributed by atoms with van der Waals surface area (Å²) >= 11 is 0. The Morgan fingerprint density at radius 3 is 1.31 bits per heavy atom. The minimum absolute atomic E-state index is 0.691. The zero-order chi connectivity index (χ0) is 32.3. The first-order chi connectivity index (χ1) is 24.3. The zero-order valence-corrected chi connectivity index (χ0v) is 26.5. The van der Waals surface area contributed by atoms with E-state index in [-0.39, 0.29) is 0 Å². The van der Waals surface area contributed by atoms with Crippen LogP contribution in [-0.2, 0) is 0 Å². The molecule has 8 aromatic carbocycles. The molecule has 0 unspecified atom stereocenters. The summed E-state index contributed by atoms with van der Waals surface area (Å²) in [4.78, 5) is 10.2. The molecule has 10 aromatic rings. The van der Waals surface area contributed by atoms with Gasteiger partial charge in [-0.25, -0.2) is 9.97 Å². The summed E-state index contributed by atoms with van der Waals surface area (Å²) in [5.41, 5.74) is 11.2. The molecule has 3 nitrogen and oxygen atoms in total. The van der Waals surface area contributed by atoms with Gasteiger partial charge in [0.15, 0.2) is 5.82 Å². The van der Waals surface area contributed by atoms with E-state index in [4.69, 9.17) is 14.4 Å². The summed E-state index contributed by atoms with van der Waals surface area (Å²) in [5, 5.41) is 7.22. The fraction of sp³-hybridized carbons (Fsp3) is 0. The van der Waals surface area contributed by atoms with Crippen LogP contribution >= 0.6 is 0 Å². The van der Waals surface area contributed by atoms with E-state index in [2.05, 4.69) is 133 Å². The Kier molecular flexibility index (Phi) is 6.18. The van der Waals surface area contributed by atoms with Crippen LogP contribution in [0.15, 0.2) is 174 Å². The van der Waals surface area contributed by atoms with Crippen molar-refractivity contribution in [3.8, 4) is 56.2 Å². The molecule has 3 heteroatoms. The van der Waals surface area contributed by atoms with Crippen molar-refractivity contribution in [1.82, 2.24) is 9.97 Å². The third kappa shape index (κ3) is 4.59. The Morgan fingerprint density at radius 1 is 0.306 bits per heavy atom. The van der Waals surface area contributed by atoms with Crippen molar-refractivity contribution in [1.29, 1.82) is 0 Å². The lowest BCUT2D eigenvalue weighted by Gasteiger charge is -2.12. The summed E-state index contributed by atoms with van der Waals surface area (Å²) in [7, 11) is 0. The van der Waals surface area contributed by atoms with Crippen LogP contribution in [0.4, 0.5) is 0 Å². The van der Waals surface area contributed by atoms with Crippen molar-refractivity contribution in [2.45, 2.75) is 0 Å². The Hall–Kier alpha value is -6.58. The first-order valence-electron chi connectivity index (χ1n) is 16.6. The number of fused-ring (bicyclic) bond motifs is 3. The lowest BCUT2D eigenvalue weighted by molar-refractivity contribution is 0.669. The largest absolute Gasteiger partial charge is 0.456 e. The number of hydrogen-bond acceptors (Lipinski definition) is 3. The van der Waals surface area contributed by atoms with Gasteiger partial charge in [0.05, 0.1) is 11.4 Å². The van der Waals surface area contributed by atoms with Crippen LogP contribution in [0.25, 0.3) is 99.6 Å². The second-order valence-corrected chi connectivity index (χ2v) is 12.6. The van der Waals surface area contributed by atoms with E-state index < -0.39 is 0 Å². The number of hydrogen-bond donors (Lipinski definition) is 0. The highest BCUT2D eigenvalue weighted by Gasteiger charge is 2.20. The SMILES string of the molecule is c1ccc(-c2cc3oc4cc(-c5cccc(-c6nc(-c7ccccc7)cc(-c7ccccc7)n6)c5)cc5c6ccccc6c(c2)c3c45)cc1. The quantitative estimate of drug-likeness (QED) is 0.179. The highest BCUT2D eigenvalue weighted by Crippen LogP contribution is 2.46. The summed E-state index contributed by atoms with van der Waals surface area (Å²) in [5.74, 6) is 0.691. The lowest BCUT2D eigenvalue weighted by atomic mass is 9.90. The molecule has 0 atom stereocenters. The van der Waals surface area contributed by atoms with Gasteiger partial charge in [0.1, 0.15) is 11.2 Å². The number of benzene rings is 8. The van der Waals surface area contributed by atoms with Crippen molar-refractivity contribution in [2.75, 3.05) is 0 Å². The summed E-state index contributed by atoms with van der Waals surface area (Å²) < 4.78 is 6.73. The Morgan fingerprint density at radius 2 is 0.755 bits per heavy atom. The maximum Gasteiger partial charge on any atom is 0.160 e. The maximum atomic E-state index is 6.73. The van der Waals surface area contributed by atoms with Gasteiger partial charge < -0.3 is 4.42 Å². The van der Waals surface area contributed by atoms with Crippen molar-refractivity contribution < 1.29 is 4.42 Å². The predicted octanol–water partition coefficient (Wildman–Crippen LogP) is 12.5. The Labute approximate surface area is 283 Å². The van der Waals surface area contributed by atoms with E-state index in [9.17, 15) is 0 Å². The van der Waals surface area contributed by atoms with Gasteiger partial charge in [-0.05, 0) is 80.2 Å². The number of aromatic nitrogens is 2. The van der Waals surface area contributed by atoms with E-state index >= 15 is 0 Å². The minimum Gasteiger partial charge on any atom is -0.456 e. The molecular formula is C46H28N2O. The van der Waals surface area contributed by atoms with E-state index in [0.717, 1.165) is 55.9 Å². The topological polar surface area (TPSA) is 38.9 Å². The van der Waals surface area contributed by atoms with E-state index in [0.29, 0.717) is 5.82 Å². The normalized spacial score (nSPS) is 11.7. The molecule has 0 aliphatic carbocycles. The summed E-state index contributed by atoms with van der Waals surface area (Å²) in [6.07, 6.45) is 0. The summed E-state index contributed by atoms with van der Waals surface area (Å²) in [6, 6.07) is 59.5. The average Bonchev–Trinajstić information content (AvgIpc) is 3.57. The monoisotopic (exact) mass is 624 g/mol. The minimum atomic E-state index is 0.691. The van der Waals surface area contributed by atoms with Crippen LogP contribution in [0.2, 0.25) is 0 Å². The summed E-state index contributed by atoms with van der Waals surface area (Å²) in [6.45, 7) is 0. The van der Waals surface area contributed by atoms with E-state index in [1.165, 1.54) is 37.9 Å². The molecule has 10 rings (SSSR count). The molecule has 0 aliphatic rings. The molecule has 0 radical (unpaired) electrons. The molecule has 0 fully saturated rings. The molecule has 228 valence electrons. The fourth-order valence-corrected chi connectivity index (χ4v) is 7.30. The van der Waals surface area contributed by atoms with E-state index in [1.807, 2.05) is 36.4 Å². The maximum absolute atomic E-state index is 6.73. The fourth-order valence-electron chi connectivity index (χ4n) is 7.30. The third-order valence-electron chi connectivity index (χ3n) is 9.61. The van der Waals surface area contributed by atoms with Crippen LogP contribution < -0.4 is 0 Å². The smallest absolute Gasteiger partial charge is 0.160 e. The number of rotatable bonds is 5. The molecule has 0 amide bonds. The molecule has 0 saturated carbocycles. The van der Waals surface area contributed by atoms with Gasteiger partial charge in [0, 0.05) is 27.5 Å². The molecule has 0 aliphatic heterocycles. The second kappa shape index (κ2) is 11.0. The molecule has 2 aromatic heterocycles. The Balaban J connectivity index is 1.17. The van der Waals surface area contributed by atoms with Gasteiger partial charge in [-0.1, -0.05) is 133 Å². The second-order valence-electron chi connectivity index (χ2n) is 12.6. The molecule has 0 N–H and O–H groups in total. The van der Waals surface area contributed by atoms with E-state index in [1.54, 1.807) is 0 Å². The molecule has 0 spiro atoms. The van der Waals surface area contributed by atoms with Gasteiger partial charge in [-0.2, -0.15) is 0 Å². The molecular weight excluding hydrogens is 597 g/mol. The molecule has 0 saturated heterocycles. The standard InChI is InChI=1S/C46H28N2O/c1-4-13-29(14-5-1)34-24-38-36-21-10-11-22-37(36)39-25-35(27-43-45(39)44(38)42(26-34)49-43)32-19-12-20-33(23-32)46-47-40(30-15-6-2-7-16-30)28-41(48-46)31-17-8-3-9-18-31/h1-28H.